The minimum absolute atomic E-state index is 0.460. The van der Waals surface area contributed by atoms with Gasteiger partial charge in [0.1, 0.15) is 5.75 Å². The Bertz CT molecular complexity index is 337. The highest BCUT2D eigenvalue weighted by atomic mass is 16.5. The number of nitrogens with zero attached hydrogens (tertiary/aromatic N) is 1. The monoisotopic (exact) mass is 194 g/mol. The van der Waals surface area contributed by atoms with Crippen molar-refractivity contribution < 1.29 is 10.8 Å². The van der Waals surface area contributed by atoms with Gasteiger partial charge in [0.25, 0.3) is 0 Å². The Hall–Kier alpha value is -1.22. The van der Waals surface area contributed by atoms with Crippen molar-refractivity contribution in [2.75, 3.05) is 38.3 Å². The number of morpholine rings is 1. The van der Waals surface area contributed by atoms with Crippen LogP contribution in [0.15, 0.2) is 24.2 Å². The molecule has 0 N–H and O–H groups in total. The standard InChI is InChI=1S/C11H15NO2/c1-13-11-4-2-3-10(9-11)12-5-7-14-8-6-12/h2-4,9H,5-8H2,1H3/i9D. The van der Waals surface area contributed by atoms with E-state index in [0.717, 1.165) is 32.0 Å². The van der Waals surface area contributed by atoms with Crippen molar-refractivity contribution in [3.05, 3.63) is 24.2 Å². The highest BCUT2D eigenvalue weighted by Gasteiger charge is 2.10. The van der Waals surface area contributed by atoms with Crippen LogP contribution >= 0.6 is 0 Å². The third-order valence-corrected chi connectivity index (χ3v) is 2.32. The fourth-order valence-corrected chi connectivity index (χ4v) is 1.54. The molecule has 1 aromatic rings. The first-order valence-electron chi connectivity index (χ1n) is 5.29. The first kappa shape index (κ1) is 8.12. The minimum Gasteiger partial charge on any atom is -0.497 e. The van der Waals surface area contributed by atoms with Crippen molar-refractivity contribution in [2.45, 2.75) is 0 Å². The van der Waals surface area contributed by atoms with E-state index in [0.29, 0.717) is 11.8 Å². The molecule has 0 bridgehead atoms. The second-order valence-corrected chi connectivity index (χ2v) is 3.20. The normalized spacial score (nSPS) is 17.8. The van der Waals surface area contributed by atoms with Gasteiger partial charge < -0.3 is 14.4 Å². The van der Waals surface area contributed by atoms with E-state index in [1.165, 1.54) is 0 Å². The molecule has 1 fully saturated rings. The highest BCUT2D eigenvalue weighted by molar-refractivity contribution is 5.50. The maximum atomic E-state index is 7.98. The second-order valence-electron chi connectivity index (χ2n) is 3.20. The van der Waals surface area contributed by atoms with E-state index < -0.39 is 0 Å². The molecule has 76 valence electrons. The van der Waals surface area contributed by atoms with Crippen LogP contribution in [0.3, 0.4) is 0 Å². The molecule has 0 aliphatic carbocycles. The van der Waals surface area contributed by atoms with Crippen LogP contribution in [0.5, 0.6) is 5.75 Å². The summed E-state index contributed by atoms with van der Waals surface area (Å²) in [6, 6.07) is 6.14. The van der Waals surface area contributed by atoms with Crippen LogP contribution < -0.4 is 9.64 Å². The summed E-state index contributed by atoms with van der Waals surface area (Å²) in [4.78, 5) is 2.16. The van der Waals surface area contributed by atoms with E-state index in [1.54, 1.807) is 7.11 Å². The lowest BCUT2D eigenvalue weighted by molar-refractivity contribution is 0.122. The number of ether oxygens (including phenoxy) is 2. The summed E-state index contributed by atoms with van der Waals surface area (Å²) in [5.74, 6) is 0.624. The molecule has 14 heavy (non-hydrogen) atoms. The van der Waals surface area contributed by atoms with E-state index in [4.69, 9.17) is 10.8 Å². The molecule has 2 rings (SSSR count). The molecule has 0 spiro atoms. The maximum absolute atomic E-state index is 7.98. The summed E-state index contributed by atoms with van der Waals surface area (Å²) in [7, 11) is 1.59. The van der Waals surface area contributed by atoms with Gasteiger partial charge in [-0.3, -0.25) is 0 Å². The van der Waals surface area contributed by atoms with E-state index >= 15 is 0 Å². The van der Waals surface area contributed by atoms with E-state index in [2.05, 4.69) is 4.90 Å². The molecule has 0 radical (unpaired) electrons. The fraction of sp³-hybridized carbons (Fsp3) is 0.455. The molecule has 0 aromatic heterocycles. The Kier molecular flexibility index (Phi) is 2.51. The lowest BCUT2D eigenvalue weighted by Crippen LogP contribution is -2.36. The maximum Gasteiger partial charge on any atom is 0.120 e. The molecule has 3 heteroatoms. The number of methoxy groups -OCH3 is 1. The average molecular weight is 194 g/mol. The van der Waals surface area contributed by atoms with Crippen molar-refractivity contribution in [1.29, 1.82) is 0 Å². The van der Waals surface area contributed by atoms with Gasteiger partial charge in [-0.2, -0.15) is 0 Å². The second kappa shape index (κ2) is 4.33. The van der Waals surface area contributed by atoms with Crippen molar-refractivity contribution in [3.8, 4) is 5.75 Å². The first-order chi connectivity index (χ1) is 7.33. The zero-order chi connectivity index (χ0) is 10.7. The minimum atomic E-state index is 0.460. The number of hydrogen-bond acceptors (Lipinski definition) is 3. The van der Waals surface area contributed by atoms with Crippen LogP contribution in [0.1, 0.15) is 1.37 Å². The molecule has 0 unspecified atom stereocenters. The zero-order valence-corrected chi connectivity index (χ0v) is 8.32. The van der Waals surface area contributed by atoms with Crippen LogP contribution in [0, 0.1) is 0 Å². The third kappa shape index (κ3) is 1.99. The van der Waals surface area contributed by atoms with Gasteiger partial charge in [0.05, 0.1) is 21.7 Å². The van der Waals surface area contributed by atoms with Gasteiger partial charge >= 0.3 is 0 Å². The largest absolute Gasteiger partial charge is 0.497 e. The van der Waals surface area contributed by atoms with Crippen molar-refractivity contribution in [2.24, 2.45) is 0 Å². The van der Waals surface area contributed by atoms with Gasteiger partial charge in [0.15, 0.2) is 0 Å². The van der Waals surface area contributed by atoms with Gasteiger partial charge in [0.2, 0.25) is 0 Å². The third-order valence-electron chi connectivity index (χ3n) is 2.32. The zero-order valence-electron chi connectivity index (χ0n) is 9.32. The Balaban J connectivity index is 2.26. The van der Waals surface area contributed by atoms with Crippen molar-refractivity contribution >= 4 is 5.69 Å². The topological polar surface area (TPSA) is 21.7 Å². The Morgan fingerprint density at radius 2 is 2.21 bits per heavy atom. The molecule has 1 aliphatic heterocycles. The SMILES string of the molecule is [2H]c1c(OC)cccc1N1CCOCC1. The quantitative estimate of drug-likeness (QED) is 0.712. The predicted octanol–water partition coefficient (Wildman–Crippen LogP) is 1.53. The van der Waals surface area contributed by atoms with Gasteiger partial charge in [-0.15, -0.1) is 0 Å². The van der Waals surface area contributed by atoms with Gasteiger partial charge in [0, 0.05) is 24.8 Å². The predicted molar refractivity (Wildman–Crippen MR) is 56.0 cm³/mol. The first-order valence-corrected chi connectivity index (χ1v) is 4.79. The highest BCUT2D eigenvalue weighted by Crippen LogP contribution is 2.21. The summed E-state index contributed by atoms with van der Waals surface area (Å²) in [6.07, 6.45) is 0. The number of benzene rings is 1. The molecule has 1 heterocycles. The van der Waals surface area contributed by atoms with E-state index in [1.807, 2.05) is 18.2 Å². The summed E-state index contributed by atoms with van der Waals surface area (Å²) >= 11 is 0. The average Bonchev–Trinajstić information content (AvgIpc) is 2.30. The summed E-state index contributed by atoms with van der Waals surface area (Å²) < 4.78 is 18.4. The smallest absolute Gasteiger partial charge is 0.120 e. The molecule has 1 aromatic carbocycles. The van der Waals surface area contributed by atoms with Crippen LogP contribution in [0.25, 0.3) is 0 Å². The summed E-state index contributed by atoms with van der Waals surface area (Å²) in [5, 5.41) is 0. The van der Waals surface area contributed by atoms with Gasteiger partial charge in [-0.25, -0.2) is 0 Å². The number of hydrogen-bond donors (Lipinski definition) is 0. The van der Waals surface area contributed by atoms with E-state index in [9.17, 15) is 0 Å². The molecular weight excluding hydrogens is 178 g/mol. The lowest BCUT2D eigenvalue weighted by Gasteiger charge is -2.28. The number of anilines is 1. The van der Waals surface area contributed by atoms with Crippen molar-refractivity contribution in [3.63, 3.8) is 0 Å². The van der Waals surface area contributed by atoms with Gasteiger partial charge in [-0.05, 0) is 12.1 Å². The van der Waals surface area contributed by atoms with Gasteiger partial charge in [-0.1, -0.05) is 6.07 Å². The lowest BCUT2D eigenvalue weighted by atomic mass is 10.2. The summed E-state index contributed by atoms with van der Waals surface area (Å²) in [5.41, 5.74) is 0.928. The molecule has 3 nitrogen and oxygen atoms in total. The van der Waals surface area contributed by atoms with Crippen LogP contribution in [-0.2, 0) is 4.74 Å². The molecular formula is C11H15NO2. The Labute approximate surface area is 85.6 Å². The Morgan fingerprint density at radius 3 is 2.93 bits per heavy atom. The van der Waals surface area contributed by atoms with Crippen LogP contribution in [0.4, 0.5) is 5.69 Å². The molecule has 0 saturated carbocycles. The van der Waals surface area contributed by atoms with Crippen molar-refractivity contribution in [1.82, 2.24) is 0 Å². The molecule has 0 amide bonds. The Morgan fingerprint density at radius 1 is 1.43 bits per heavy atom. The molecule has 0 atom stereocenters. The summed E-state index contributed by atoms with van der Waals surface area (Å²) in [6.45, 7) is 3.16. The fourth-order valence-electron chi connectivity index (χ4n) is 1.54. The number of rotatable bonds is 2. The molecule has 1 aliphatic rings. The molecule has 1 saturated heterocycles. The van der Waals surface area contributed by atoms with E-state index in [-0.39, 0.29) is 0 Å². The van der Waals surface area contributed by atoms with Crippen LogP contribution in [0.2, 0.25) is 0 Å². The van der Waals surface area contributed by atoms with Crippen LogP contribution in [-0.4, -0.2) is 33.4 Å².